The number of H-pyrrole nitrogens is 1. The monoisotopic (exact) mass is 480 g/mol. The molecular weight excluding hydrogens is 440 g/mol. The van der Waals surface area contributed by atoms with Crippen molar-refractivity contribution in [1.82, 2.24) is 30.0 Å². The Hall–Kier alpha value is -2.68. The van der Waals surface area contributed by atoms with Crippen molar-refractivity contribution < 1.29 is 4.79 Å². The van der Waals surface area contributed by atoms with Crippen molar-refractivity contribution in [2.75, 3.05) is 56.5 Å². The molecule has 1 aliphatic carbocycles. The summed E-state index contributed by atoms with van der Waals surface area (Å²) in [5, 5.41) is 10.6. The molecule has 0 bridgehead atoms. The van der Waals surface area contributed by atoms with E-state index in [1.807, 2.05) is 19.1 Å². The molecule has 2 aliphatic heterocycles. The highest BCUT2D eigenvalue weighted by Gasteiger charge is 2.29. The number of aromatic nitrogens is 4. The summed E-state index contributed by atoms with van der Waals surface area (Å²) in [6, 6.07) is 4.01. The molecule has 0 radical (unpaired) electrons. The van der Waals surface area contributed by atoms with Gasteiger partial charge in [0.2, 0.25) is 5.91 Å². The number of rotatable bonds is 7. The van der Waals surface area contributed by atoms with Crippen LogP contribution in [0.1, 0.15) is 56.5 Å². The molecule has 2 aromatic heterocycles. The molecule has 0 unspecified atom stereocenters. The molecule has 1 atom stereocenters. The maximum absolute atomic E-state index is 12.9. The zero-order valence-corrected chi connectivity index (χ0v) is 21.3. The van der Waals surface area contributed by atoms with Crippen molar-refractivity contribution in [2.45, 2.75) is 58.3 Å². The van der Waals surface area contributed by atoms with E-state index in [-0.39, 0.29) is 0 Å². The fraction of sp³-hybridized carbons (Fsp3) is 0.692. The number of piperazine rings is 1. The molecule has 1 amide bonds. The molecule has 9 heteroatoms. The highest BCUT2D eigenvalue weighted by molar-refractivity contribution is 5.76. The van der Waals surface area contributed by atoms with Gasteiger partial charge in [0.1, 0.15) is 17.5 Å². The van der Waals surface area contributed by atoms with Crippen LogP contribution in [0.4, 0.5) is 17.5 Å². The van der Waals surface area contributed by atoms with Crippen LogP contribution < -0.4 is 10.2 Å². The van der Waals surface area contributed by atoms with Crippen LogP contribution in [0, 0.1) is 18.8 Å². The van der Waals surface area contributed by atoms with E-state index in [9.17, 15) is 4.79 Å². The Kier molecular flexibility index (Phi) is 7.51. The van der Waals surface area contributed by atoms with E-state index >= 15 is 0 Å². The van der Waals surface area contributed by atoms with Crippen LogP contribution in [-0.2, 0) is 11.2 Å². The predicted octanol–water partition coefficient (Wildman–Crippen LogP) is 3.36. The van der Waals surface area contributed by atoms with Crippen molar-refractivity contribution in [3.63, 3.8) is 0 Å². The number of likely N-dealkylation sites (N-methyl/N-ethyl adjacent to an activating group) is 1. The van der Waals surface area contributed by atoms with Crippen molar-refractivity contribution in [3.8, 4) is 0 Å². The van der Waals surface area contributed by atoms with Gasteiger partial charge in [-0.15, -0.1) is 0 Å². The van der Waals surface area contributed by atoms with Gasteiger partial charge in [-0.3, -0.25) is 9.89 Å². The van der Waals surface area contributed by atoms with Gasteiger partial charge in [0.15, 0.2) is 5.82 Å². The van der Waals surface area contributed by atoms with Crippen LogP contribution in [0.25, 0.3) is 0 Å². The van der Waals surface area contributed by atoms with E-state index in [2.05, 4.69) is 37.3 Å². The first kappa shape index (κ1) is 24.0. The van der Waals surface area contributed by atoms with Gasteiger partial charge in [0.05, 0.1) is 0 Å². The standard InChI is InChI=1S/C26H40N8O/c1-19-14-24(31-30-19)28-23-17-25(33-12-10-32(2)11-13-33)29-22(27-23)15-21-8-9-34(18-21)26(35)16-20-6-4-3-5-7-20/h14,17,20-21H,3-13,15-16,18H2,1-2H3,(H2,27,28,29,30,31)/t21-/m1/s1. The van der Waals surface area contributed by atoms with Crippen molar-refractivity contribution in [1.29, 1.82) is 0 Å². The summed E-state index contributed by atoms with van der Waals surface area (Å²) >= 11 is 0. The Morgan fingerprint density at radius 2 is 1.80 bits per heavy atom. The Morgan fingerprint density at radius 3 is 2.54 bits per heavy atom. The minimum Gasteiger partial charge on any atom is -0.354 e. The van der Waals surface area contributed by atoms with Gasteiger partial charge in [0.25, 0.3) is 0 Å². The second-order valence-electron chi connectivity index (χ2n) is 10.8. The van der Waals surface area contributed by atoms with Gasteiger partial charge in [-0.25, -0.2) is 9.97 Å². The molecule has 0 aromatic carbocycles. The quantitative estimate of drug-likeness (QED) is 0.628. The topological polar surface area (TPSA) is 93.3 Å². The lowest BCUT2D eigenvalue weighted by atomic mass is 9.87. The summed E-state index contributed by atoms with van der Waals surface area (Å²) in [7, 11) is 2.16. The zero-order valence-electron chi connectivity index (χ0n) is 21.3. The third-order valence-electron chi connectivity index (χ3n) is 7.85. The molecule has 190 valence electrons. The van der Waals surface area contributed by atoms with Crippen LogP contribution in [-0.4, -0.2) is 82.2 Å². The third kappa shape index (κ3) is 6.31. The van der Waals surface area contributed by atoms with Gasteiger partial charge in [-0.1, -0.05) is 19.3 Å². The fourth-order valence-corrected chi connectivity index (χ4v) is 5.70. The second kappa shape index (κ2) is 10.9. The molecule has 3 aliphatic rings. The summed E-state index contributed by atoms with van der Waals surface area (Å²) in [6.07, 6.45) is 8.91. The molecule has 2 N–H and O–H groups in total. The van der Waals surface area contributed by atoms with Crippen molar-refractivity contribution >= 4 is 23.4 Å². The lowest BCUT2D eigenvalue weighted by molar-refractivity contribution is -0.131. The number of aryl methyl sites for hydroxylation is 1. The number of carbonyl (C=O) groups is 1. The van der Waals surface area contributed by atoms with E-state index in [1.165, 1.54) is 32.1 Å². The molecule has 9 nitrogen and oxygen atoms in total. The Morgan fingerprint density at radius 1 is 1.00 bits per heavy atom. The molecule has 2 aromatic rings. The highest BCUT2D eigenvalue weighted by Crippen LogP contribution is 2.29. The summed E-state index contributed by atoms with van der Waals surface area (Å²) in [6.45, 7) is 7.66. The molecule has 1 saturated carbocycles. The van der Waals surface area contributed by atoms with Crippen LogP contribution in [0.2, 0.25) is 0 Å². The van der Waals surface area contributed by atoms with Crippen molar-refractivity contribution in [3.05, 3.63) is 23.7 Å². The van der Waals surface area contributed by atoms with Crippen LogP contribution >= 0.6 is 0 Å². The first-order chi connectivity index (χ1) is 17.0. The van der Waals surface area contributed by atoms with E-state index in [0.29, 0.717) is 17.7 Å². The van der Waals surface area contributed by atoms with E-state index in [1.54, 1.807) is 0 Å². The normalized spacial score (nSPS) is 22.1. The Bertz CT molecular complexity index is 993. The third-order valence-corrected chi connectivity index (χ3v) is 7.85. The number of hydrogen-bond acceptors (Lipinski definition) is 7. The van der Waals surface area contributed by atoms with Gasteiger partial charge in [0, 0.05) is 69.9 Å². The zero-order chi connectivity index (χ0) is 24.2. The van der Waals surface area contributed by atoms with Crippen LogP contribution in [0.5, 0.6) is 0 Å². The fourth-order valence-electron chi connectivity index (χ4n) is 5.70. The summed E-state index contributed by atoms with van der Waals surface area (Å²) in [5.41, 5.74) is 1.00. The predicted molar refractivity (Wildman–Crippen MR) is 138 cm³/mol. The van der Waals surface area contributed by atoms with Crippen molar-refractivity contribution in [2.24, 2.45) is 11.8 Å². The second-order valence-corrected chi connectivity index (χ2v) is 10.8. The largest absolute Gasteiger partial charge is 0.354 e. The van der Waals surface area contributed by atoms with Gasteiger partial charge in [-0.2, -0.15) is 5.10 Å². The number of hydrogen-bond donors (Lipinski definition) is 2. The first-order valence-corrected chi connectivity index (χ1v) is 13.4. The average molecular weight is 481 g/mol. The average Bonchev–Trinajstić information content (AvgIpc) is 3.49. The Balaban J connectivity index is 1.26. The van der Waals surface area contributed by atoms with Crippen LogP contribution in [0.15, 0.2) is 12.1 Å². The Labute approximate surface area is 208 Å². The maximum Gasteiger partial charge on any atom is 0.222 e. The van der Waals surface area contributed by atoms with E-state index < -0.39 is 0 Å². The lowest BCUT2D eigenvalue weighted by Gasteiger charge is -2.33. The van der Waals surface area contributed by atoms with Gasteiger partial charge in [-0.05, 0) is 45.1 Å². The number of anilines is 3. The molecule has 4 heterocycles. The van der Waals surface area contributed by atoms with Crippen LogP contribution in [0.3, 0.4) is 0 Å². The van der Waals surface area contributed by atoms with E-state index in [4.69, 9.17) is 9.97 Å². The number of aromatic amines is 1. The summed E-state index contributed by atoms with van der Waals surface area (Å²) in [4.78, 5) is 29.6. The minimum absolute atomic E-state index is 0.350. The number of amides is 1. The summed E-state index contributed by atoms with van der Waals surface area (Å²) < 4.78 is 0. The molecule has 0 spiro atoms. The molecular formula is C26H40N8O. The molecule has 35 heavy (non-hydrogen) atoms. The SMILES string of the molecule is Cc1cc(Nc2cc(N3CCN(C)CC3)nc(C[C@H]3CCN(C(=O)CC4CCCCC4)C3)n2)n[nH]1. The highest BCUT2D eigenvalue weighted by atomic mass is 16.2. The van der Waals surface area contributed by atoms with E-state index in [0.717, 1.165) is 87.5 Å². The molecule has 3 fully saturated rings. The number of likely N-dealkylation sites (tertiary alicyclic amines) is 1. The number of nitrogens with one attached hydrogen (secondary N) is 2. The lowest BCUT2D eigenvalue weighted by Crippen LogP contribution is -2.45. The first-order valence-electron chi connectivity index (χ1n) is 13.4. The van der Waals surface area contributed by atoms with Gasteiger partial charge < -0.3 is 20.0 Å². The molecule has 5 rings (SSSR count). The van der Waals surface area contributed by atoms with Gasteiger partial charge >= 0.3 is 0 Å². The smallest absolute Gasteiger partial charge is 0.222 e. The minimum atomic E-state index is 0.350. The number of carbonyl (C=O) groups excluding carboxylic acids is 1. The molecule has 2 saturated heterocycles. The summed E-state index contributed by atoms with van der Waals surface area (Å²) in [5.74, 6) is 4.72. The maximum atomic E-state index is 12.9. The number of nitrogens with zero attached hydrogens (tertiary/aromatic N) is 6.